The van der Waals surface area contributed by atoms with Crippen LogP contribution in [0.3, 0.4) is 0 Å². The Morgan fingerprint density at radius 3 is 2.61 bits per heavy atom. The number of hydrogen-bond acceptors (Lipinski definition) is 2. The third-order valence-electron chi connectivity index (χ3n) is 7.65. The molecule has 36 heavy (non-hydrogen) atoms. The number of rotatable bonds is 4. The number of nitrogens with one attached hydrogen (secondary N) is 1. The van der Waals surface area contributed by atoms with E-state index in [1.54, 1.807) is 15.9 Å². The molecule has 182 valence electrons. The van der Waals surface area contributed by atoms with Crippen molar-refractivity contribution in [3.8, 4) is 0 Å². The summed E-state index contributed by atoms with van der Waals surface area (Å²) < 4.78 is 13.7. The zero-order chi connectivity index (χ0) is 25.0. The number of fused-ring (bicyclic) bond motifs is 5. The van der Waals surface area contributed by atoms with Crippen LogP contribution in [0, 0.1) is 5.82 Å². The standard InChI is InChI=1S/C29H25ClFN3O2/c1-29-27-26(22-7-2-3-8-24(22)32-27)23(19-9-11-20(30)12-10-19)16-34(29)25(35)17-33(28(29)36)14-13-18-5-4-6-21(31)15-18/h2-12,15,23,32H,13-14,16-17H2,1H3. The molecular formula is C29H25ClFN3O2. The summed E-state index contributed by atoms with van der Waals surface area (Å²) in [5.41, 5.74) is 3.40. The first-order valence-corrected chi connectivity index (χ1v) is 12.4. The van der Waals surface area contributed by atoms with Crippen molar-refractivity contribution in [1.29, 1.82) is 0 Å². The summed E-state index contributed by atoms with van der Waals surface area (Å²) >= 11 is 6.16. The second kappa shape index (κ2) is 8.49. The SMILES string of the molecule is CC12C(=O)N(CCc3cccc(F)c3)CC(=O)N1CC(c1ccc(Cl)cc1)c1c2[nH]c2ccccc12. The minimum absolute atomic E-state index is 0.00659. The summed E-state index contributed by atoms with van der Waals surface area (Å²) in [6.07, 6.45) is 0.472. The maximum atomic E-state index is 14.1. The predicted molar refractivity (Wildman–Crippen MR) is 137 cm³/mol. The second-order valence-corrected chi connectivity index (χ2v) is 10.2. The highest BCUT2D eigenvalue weighted by atomic mass is 35.5. The Hall–Kier alpha value is -3.64. The van der Waals surface area contributed by atoms with E-state index in [-0.39, 0.29) is 30.1 Å². The largest absolute Gasteiger partial charge is 0.356 e. The molecule has 2 unspecified atom stereocenters. The van der Waals surface area contributed by atoms with E-state index in [0.29, 0.717) is 24.5 Å². The Morgan fingerprint density at radius 1 is 1.06 bits per heavy atom. The third-order valence-corrected chi connectivity index (χ3v) is 7.90. The lowest BCUT2D eigenvalue weighted by Gasteiger charge is -2.51. The Kier molecular flexibility index (Phi) is 5.38. The number of carbonyl (C=O) groups excluding carboxylic acids is 2. The average Bonchev–Trinajstić information content (AvgIpc) is 3.27. The molecule has 7 heteroatoms. The summed E-state index contributed by atoms with van der Waals surface area (Å²) in [5.74, 6) is -0.632. The van der Waals surface area contributed by atoms with E-state index >= 15 is 0 Å². The molecule has 0 bridgehead atoms. The van der Waals surface area contributed by atoms with E-state index < -0.39 is 5.54 Å². The van der Waals surface area contributed by atoms with Crippen LogP contribution in [0.25, 0.3) is 10.9 Å². The normalized spacial score (nSPS) is 21.6. The van der Waals surface area contributed by atoms with Crippen molar-refractivity contribution in [2.45, 2.75) is 24.8 Å². The van der Waals surface area contributed by atoms with Gasteiger partial charge in [0.05, 0.1) is 12.2 Å². The first-order chi connectivity index (χ1) is 17.4. The van der Waals surface area contributed by atoms with Crippen molar-refractivity contribution in [2.75, 3.05) is 19.6 Å². The maximum absolute atomic E-state index is 14.1. The van der Waals surface area contributed by atoms with Crippen molar-refractivity contribution in [3.05, 3.63) is 106 Å². The van der Waals surface area contributed by atoms with Gasteiger partial charge in [-0.15, -0.1) is 0 Å². The predicted octanol–water partition coefficient (Wildman–Crippen LogP) is 5.23. The van der Waals surface area contributed by atoms with E-state index in [2.05, 4.69) is 11.1 Å². The fraction of sp³-hybridized carbons (Fsp3) is 0.241. The van der Waals surface area contributed by atoms with Crippen LogP contribution in [-0.2, 0) is 21.5 Å². The van der Waals surface area contributed by atoms with Crippen molar-refractivity contribution in [1.82, 2.24) is 14.8 Å². The minimum atomic E-state index is -1.16. The number of nitrogens with zero attached hydrogens (tertiary/aromatic N) is 2. The Bertz CT molecular complexity index is 1500. The highest BCUT2D eigenvalue weighted by Gasteiger charge is 2.56. The first kappa shape index (κ1) is 22.8. The van der Waals surface area contributed by atoms with Gasteiger partial charge in [0.1, 0.15) is 5.82 Å². The van der Waals surface area contributed by atoms with Crippen LogP contribution in [0.4, 0.5) is 4.39 Å². The van der Waals surface area contributed by atoms with E-state index in [0.717, 1.165) is 33.3 Å². The molecule has 1 aromatic heterocycles. The van der Waals surface area contributed by atoms with Crippen molar-refractivity contribution in [2.24, 2.45) is 0 Å². The number of aromatic amines is 1. The van der Waals surface area contributed by atoms with Gasteiger partial charge < -0.3 is 14.8 Å². The summed E-state index contributed by atoms with van der Waals surface area (Å²) in [7, 11) is 0. The molecule has 6 rings (SSSR count). The first-order valence-electron chi connectivity index (χ1n) is 12.1. The van der Waals surface area contributed by atoms with Gasteiger partial charge in [-0.3, -0.25) is 9.59 Å². The van der Waals surface area contributed by atoms with Crippen LogP contribution in [-0.4, -0.2) is 46.2 Å². The van der Waals surface area contributed by atoms with Gasteiger partial charge in [0, 0.05) is 34.9 Å². The van der Waals surface area contributed by atoms with Crippen LogP contribution < -0.4 is 0 Å². The van der Waals surface area contributed by atoms with Crippen molar-refractivity contribution >= 4 is 34.3 Å². The number of carbonyl (C=O) groups is 2. The average molecular weight is 502 g/mol. The summed E-state index contributed by atoms with van der Waals surface area (Å²) in [4.78, 5) is 34.5. The fourth-order valence-electron chi connectivity index (χ4n) is 5.81. The molecule has 5 nitrogen and oxygen atoms in total. The van der Waals surface area contributed by atoms with Crippen LogP contribution in [0.2, 0.25) is 5.02 Å². The molecule has 2 atom stereocenters. The number of para-hydroxylation sites is 1. The number of H-pyrrole nitrogens is 1. The van der Waals surface area contributed by atoms with E-state index in [1.165, 1.54) is 12.1 Å². The minimum Gasteiger partial charge on any atom is -0.356 e. The van der Waals surface area contributed by atoms with E-state index in [9.17, 15) is 14.0 Å². The molecule has 3 aromatic carbocycles. The number of piperazine rings is 1. The van der Waals surface area contributed by atoms with Crippen LogP contribution >= 0.6 is 11.6 Å². The van der Waals surface area contributed by atoms with Crippen molar-refractivity contribution < 1.29 is 14.0 Å². The zero-order valence-corrected chi connectivity index (χ0v) is 20.6. The molecule has 0 saturated carbocycles. The molecule has 0 aliphatic carbocycles. The zero-order valence-electron chi connectivity index (χ0n) is 19.8. The Morgan fingerprint density at radius 2 is 1.83 bits per heavy atom. The molecule has 2 aliphatic rings. The van der Waals surface area contributed by atoms with Gasteiger partial charge in [0.25, 0.3) is 5.91 Å². The van der Waals surface area contributed by atoms with Gasteiger partial charge in [-0.05, 0) is 60.4 Å². The molecule has 2 aliphatic heterocycles. The van der Waals surface area contributed by atoms with Gasteiger partial charge in [0.2, 0.25) is 5.91 Å². The summed E-state index contributed by atoms with van der Waals surface area (Å²) in [6.45, 7) is 2.59. The molecule has 2 amide bonds. The molecule has 0 radical (unpaired) electrons. The summed E-state index contributed by atoms with van der Waals surface area (Å²) in [5, 5.41) is 1.70. The molecule has 1 fully saturated rings. The number of halogens is 2. The van der Waals surface area contributed by atoms with E-state index in [1.807, 2.05) is 55.5 Å². The van der Waals surface area contributed by atoms with Gasteiger partial charge >= 0.3 is 0 Å². The lowest BCUT2D eigenvalue weighted by Crippen LogP contribution is -2.67. The van der Waals surface area contributed by atoms with E-state index in [4.69, 9.17) is 11.6 Å². The molecule has 3 heterocycles. The number of aromatic nitrogens is 1. The lowest BCUT2D eigenvalue weighted by atomic mass is 9.76. The van der Waals surface area contributed by atoms with Crippen LogP contribution in [0.15, 0.2) is 72.8 Å². The Labute approximate surface area is 213 Å². The van der Waals surface area contributed by atoms with Gasteiger partial charge in [-0.25, -0.2) is 4.39 Å². The maximum Gasteiger partial charge on any atom is 0.254 e. The number of benzene rings is 3. The van der Waals surface area contributed by atoms with Crippen LogP contribution in [0.5, 0.6) is 0 Å². The lowest BCUT2D eigenvalue weighted by molar-refractivity contribution is -0.166. The number of hydrogen-bond donors (Lipinski definition) is 1. The highest BCUT2D eigenvalue weighted by molar-refractivity contribution is 6.30. The monoisotopic (exact) mass is 501 g/mol. The topological polar surface area (TPSA) is 56.4 Å². The quantitative estimate of drug-likeness (QED) is 0.416. The highest BCUT2D eigenvalue weighted by Crippen LogP contribution is 2.48. The second-order valence-electron chi connectivity index (χ2n) is 9.75. The third kappa shape index (κ3) is 3.51. The molecule has 1 N–H and O–H groups in total. The molecular weight excluding hydrogens is 477 g/mol. The van der Waals surface area contributed by atoms with Gasteiger partial charge in [-0.2, -0.15) is 0 Å². The molecule has 0 spiro atoms. The van der Waals surface area contributed by atoms with Gasteiger partial charge in [-0.1, -0.05) is 54.1 Å². The molecule has 4 aromatic rings. The van der Waals surface area contributed by atoms with Gasteiger partial charge in [0.15, 0.2) is 5.54 Å². The van der Waals surface area contributed by atoms with Crippen molar-refractivity contribution in [3.63, 3.8) is 0 Å². The molecule has 1 saturated heterocycles. The number of amides is 2. The smallest absolute Gasteiger partial charge is 0.254 e. The fourth-order valence-corrected chi connectivity index (χ4v) is 5.93. The summed E-state index contributed by atoms with van der Waals surface area (Å²) in [6, 6.07) is 22.1. The Balaban J connectivity index is 1.43. The van der Waals surface area contributed by atoms with Crippen LogP contribution in [0.1, 0.15) is 35.2 Å².